The zero-order valence-electron chi connectivity index (χ0n) is 11.9. The first kappa shape index (κ1) is 14.3. The first-order valence-electron chi connectivity index (χ1n) is 6.74. The number of amides is 1. The first-order valence-corrected chi connectivity index (χ1v) is 6.74. The molecule has 0 aliphatic rings. The van der Waals surface area contributed by atoms with E-state index in [2.05, 4.69) is 5.32 Å². The average molecular weight is 268 g/mol. The third-order valence-corrected chi connectivity index (χ3v) is 3.35. The molecule has 0 saturated heterocycles. The van der Waals surface area contributed by atoms with Crippen LogP contribution >= 0.6 is 0 Å². The Morgan fingerprint density at radius 2 is 1.85 bits per heavy atom. The van der Waals surface area contributed by atoms with E-state index >= 15 is 0 Å². The Kier molecular flexibility index (Phi) is 4.53. The molecular weight excluding hydrogens is 248 g/mol. The van der Waals surface area contributed by atoms with Crippen LogP contribution < -0.4 is 11.1 Å². The highest BCUT2D eigenvalue weighted by Crippen LogP contribution is 2.12. The number of hydrogen-bond acceptors (Lipinski definition) is 2. The normalized spacial score (nSPS) is 11.9. The quantitative estimate of drug-likeness (QED) is 0.895. The van der Waals surface area contributed by atoms with E-state index in [0.29, 0.717) is 12.1 Å². The third-order valence-electron chi connectivity index (χ3n) is 3.35. The molecule has 1 amide bonds. The van der Waals surface area contributed by atoms with E-state index in [1.165, 1.54) is 0 Å². The molecule has 2 aromatic rings. The molecule has 0 aromatic heterocycles. The highest BCUT2D eigenvalue weighted by atomic mass is 16.1. The van der Waals surface area contributed by atoms with Gasteiger partial charge in [-0.25, -0.2) is 0 Å². The van der Waals surface area contributed by atoms with Crippen LogP contribution in [0, 0.1) is 13.8 Å². The predicted molar refractivity (Wildman–Crippen MR) is 81.6 cm³/mol. The molecule has 3 heteroatoms. The van der Waals surface area contributed by atoms with Crippen molar-refractivity contribution >= 4 is 5.91 Å². The molecule has 3 nitrogen and oxygen atoms in total. The van der Waals surface area contributed by atoms with E-state index in [1.807, 2.05) is 62.4 Å². The second kappa shape index (κ2) is 6.35. The van der Waals surface area contributed by atoms with Gasteiger partial charge in [0.05, 0.1) is 0 Å². The maximum atomic E-state index is 12.2. The van der Waals surface area contributed by atoms with Crippen LogP contribution in [0.4, 0.5) is 0 Å². The van der Waals surface area contributed by atoms with Crippen molar-refractivity contribution in [1.82, 2.24) is 5.32 Å². The van der Waals surface area contributed by atoms with E-state index in [1.54, 1.807) is 0 Å². The van der Waals surface area contributed by atoms with Crippen LogP contribution in [-0.4, -0.2) is 12.5 Å². The van der Waals surface area contributed by atoms with Crippen LogP contribution in [0.3, 0.4) is 0 Å². The lowest BCUT2D eigenvalue weighted by atomic mass is 10.0. The van der Waals surface area contributed by atoms with E-state index in [9.17, 15) is 4.79 Å². The van der Waals surface area contributed by atoms with E-state index in [4.69, 9.17) is 5.73 Å². The lowest BCUT2D eigenvalue weighted by Gasteiger charge is -2.14. The molecule has 0 heterocycles. The zero-order chi connectivity index (χ0) is 14.5. The molecule has 0 aliphatic carbocycles. The van der Waals surface area contributed by atoms with E-state index in [0.717, 1.165) is 16.7 Å². The average Bonchev–Trinajstić information content (AvgIpc) is 2.47. The van der Waals surface area contributed by atoms with Gasteiger partial charge in [0, 0.05) is 18.2 Å². The molecule has 0 fully saturated rings. The van der Waals surface area contributed by atoms with Gasteiger partial charge in [0.2, 0.25) is 0 Å². The molecule has 0 bridgehead atoms. The molecule has 104 valence electrons. The molecule has 1 unspecified atom stereocenters. The highest BCUT2D eigenvalue weighted by molar-refractivity contribution is 5.95. The van der Waals surface area contributed by atoms with Gasteiger partial charge in [-0.15, -0.1) is 0 Å². The minimum atomic E-state index is -0.190. The molecule has 0 aliphatic heterocycles. The summed E-state index contributed by atoms with van der Waals surface area (Å²) in [5.74, 6) is -0.0717. The fourth-order valence-corrected chi connectivity index (χ4v) is 2.10. The van der Waals surface area contributed by atoms with Gasteiger partial charge < -0.3 is 11.1 Å². The standard InChI is InChI=1S/C17H20N2O/c1-12-8-9-13(2)15(10-12)17(20)19-11-16(18)14-6-4-3-5-7-14/h3-10,16H,11,18H2,1-2H3,(H,19,20). The van der Waals surface area contributed by atoms with Gasteiger partial charge >= 0.3 is 0 Å². The summed E-state index contributed by atoms with van der Waals surface area (Å²) in [5.41, 5.74) is 9.86. The second-order valence-corrected chi connectivity index (χ2v) is 5.05. The van der Waals surface area contributed by atoms with Crippen molar-refractivity contribution in [2.45, 2.75) is 19.9 Å². The van der Waals surface area contributed by atoms with Gasteiger partial charge in [0.1, 0.15) is 0 Å². The van der Waals surface area contributed by atoms with Crippen LogP contribution in [0.25, 0.3) is 0 Å². The molecule has 0 spiro atoms. The Morgan fingerprint density at radius 3 is 2.55 bits per heavy atom. The lowest BCUT2D eigenvalue weighted by molar-refractivity contribution is 0.0950. The van der Waals surface area contributed by atoms with Gasteiger partial charge in [-0.05, 0) is 31.0 Å². The molecule has 20 heavy (non-hydrogen) atoms. The number of rotatable bonds is 4. The summed E-state index contributed by atoms with van der Waals surface area (Å²) < 4.78 is 0. The minimum Gasteiger partial charge on any atom is -0.350 e. The fourth-order valence-electron chi connectivity index (χ4n) is 2.10. The Hall–Kier alpha value is -2.13. The second-order valence-electron chi connectivity index (χ2n) is 5.05. The molecule has 2 aromatic carbocycles. The van der Waals surface area contributed by atoms with Crippen LogP contribution in [0.1, 0.15) is 33.1 Å². The maximum absolute atomic E-state index is 12.2. The van der Waals surface area contributed by atoms with Crippen molar-refractivity contribution in [3.63, 3.8) is 0 Å². The van der Waals surface area contributed by atoms with Gasteiger partial charge in [0.25, 0.3) is 5.91 Å². The fraction of sp³-hybridized carbons (Fsp3) is 0.235. The first-order chi connectivity index (χ1) is 9.58. The molecule has 0 saturated carbocycles. The Labute approximate surface area is 119 Å². The molecule has 3 N–H and O–H groups in total. The zero-order valence-corrected chi connectivity index (χ0v) is 11.9. The molecule has 2 rings (SSSR count). The summed E-state index contributed by atoms with van der Waals surface area (Å²) in [4.78, 5) is 12.2. The summed E-state index contributed by atoms with van der Waals surface area (Å²) in [6.45, 7) is 4.34. The number of nitrogens with two attached hydrogens (primary N) is 1. The van der Waals surface area contributed by atoms with E-state index in [-0.39, 0.29) is 11.9 Å². The number of aryl methyl sites for hydroxylation is 2. The summed E-state index contributed by atoms with van der Waals surface area (Å²) in [7, 11) is 0. The van der Waals surface area contributed by atoms with Crippen molar-refractivity contribution in [3.8, 4) is 0 Å². The minimum absolute atomic E-state index is 0.0717. The van der Waals surface area contributed by atoms with Crippen LogP contribution in [0.15, 0.2) is 48.5 Å². The number of benzene rings is 2. The predicted octanol–water partition coefficient (Wildman–Crippen LogP) is 2.73. The monoisotopic (exact) mass is 268 g/mol. The Morgan fingerprint density at radius 1 is 1.15 bits per heavy atom. The van der Waals surface area contributed by atoms with Crippen molar-refractivity contribution in [2.75, 3.05) is 6.54 Å². The van der Waals surface area contributed by atoms with E-state index < -0.39 is 0 Å². The van der Waals surface area contributed by atoms with Gasteiger partial charge in [-0.1, -0.05) is 48.0 Å². The van der Waals surface area contributed by atoms with Crippen LogP contribution in [0.5, 0.6) is 0 Å². The largest absolute Gasteiger partial charge is 0.350 e. The molecule has 0 radical (unpaired) electrons. The summed E-state index contributed by atoms with van der Waals surface area (Å²) in [5, 5.41) is 2.90. The smallest absolute Gasteiger partial charge is 0.251 e. The summed E-state index contributed by atoms with van der Waals surface area (Å²) >= 11 is 0. The molecule has 1 atom stereocenters. The van der Waals surface area contributed by atoms with Crippen LogP contribution in [0.2, 0.25) is 0 Å². The number of hydrogen-bond donors (Lipinski definition) is 2. The van der Waals surface area contributed by atoms with Crippen molar-refractivity contribution in [1.29, 1.82) is 0 Å². The Balaban J connectivity index is 2.00. The third kappa shape index (κ3) is 3.45. The number of carbonyl (C=O) groups is 1. The Bertz CT molecular complexity index is 593. The van der Waals surface area contributed by atoms with Crippen LogP contribution in [-0.2, 0) is 0 Å². The lowest BCUT2D eigenvalue weighted by Crippen LogP contribution is -2.32. The van der Waals surface area contributed by atoms with Gasteiger partial charge in [-0.3, -0.25) is 4.79 Å². The topological polar surface area (TPSA) is 55.1 Å². The van der Waals surface area contributed by atoms with Crippen molar-refractivity contribution in [3.05, 3.63) is 70.8 Å². The van der Waals surface area contributed by atoms with Gasteiger partial charge in [0.15, 0.2) is 0 Å². The number of carbonyl (C=O) groups excluding carboxylic acids is 1. The summed E-state index contributed by atoms with van der Waals surface area (Å²) in [6, 6.07) is 15.4. The number of nitrogens with one attached hydrogen (secondary N) is 1. The maximum Gasteiger partial charge on any atom is 0.251 e. The summed E-state index contributed by atoms with van der Waals surface area (Å²) in [6.07, 6.45) is 0. The van der Waals surface area contributed by atoms with Gasteiger partial charge in [-0.2, -0.15) is 0 Å². The van der Waals surface area contributed by atoms with Crippen molar-refractivity contribution in [2.24, 2.45) is 5.73 Å². The van der Waals surface area contributed by atoms with Crippen molar-refractivity contribution < 1.29 is 4.79 Å². The molecular formula is C17H20N2O. The SMILES string of the molecule is Cc1ccc(C)c(C(=O)NCC(N)c2ccccc2)c1. The highest BCUT2D eigenvalue weighted by Gasteiger charge is 2.11.